The van der Waals surface area contributed by atoms with Crippen molar-refractivity contribution in [2.24, 2.45) is 5.92 Å². The molecule has 0 aromatic rings. The molecule has 3 N–H and O–H groups in total. The summed E-state index contributed by atoms with van der Waals surface area (Å²) in [5.41, 5.74) is -0.646. The van der Waals surface area contributed by atoms with Crippen molar-refractivity contribution in [1.82, 2.24) is 16.0 Å². The molecule has 0 aliphatic heterocycles. The summed E-state index contributed by atoms with van der Waals surface area (Å²) in [4.78, 5) is 23.1. The summed E-state index contributed by atoms with van der Waals surface area (Å²) in [5.74, 6) is 0.0891. The minimum absolute atomic E-state index is 0.0282. The summed E-state index contributed by atoms with van der Waals surface area (Å²) in [6.07, 6.45) is 0. The van der Waals surface area contributed by atoms with Crippen LogP contribution in [0.25, 0.3) is 0 Å². The van der Waals surface area contributed by atoms with Crippen LogP contribution in [-0.2, 0) is 9.59 Å². The van der Waals surface area contributed by atoms with E-state index in [0.29, 0.717) is 19.0 Å². The Morgan fingerprint density at radius 3 is 2.24 bits per heavy atom. The molecule has 0 saturated heterocycles. The number of rotatable bonds is 7. The van der Waals surface area contributed by atoms with Gasteiger partial charge in [0.1, 0.15) is 0 Å². The number of likely N-dealkylation sites (N-methyl/N-ethyl adjacent to an activating group) is 1. The van der Waals surface area contributed by atoms with Gasteiger partial charge in [-0.05, 0) is 26.3 Å². The third-order valence-corrected chi connectivity index (χ3v) is 2.30. The van der Waals surface area contributed by atoms with Crippen LogP contribution in [0.2, 0.25) is 0 Å². The van der Waals surface area contributed by atoms with E-state index in [1.54, 1.807) is 13.8 Å². The van der Waals surface area contributed by atoms with E-state index in [4.69, 9.17) is 0 Å². The Kier molecular flexibility index (Phi) is 6.80. The Morgan fingerprint density at radius 1 is 1.18 bits per heavy atom. The van der Waals surface area contributed by atoms with Crippen molar-refractivity contribution >= 4 is 11.8 Å². The van der Waals surface area contributed by atoms with Gasteiger partial charge in [0.25, 0.3) is 0 Å². The van der Waals surface area contributed by atoms with Crippen LogP contribution < -0.4 is 16.0 Å². The number of amides is 2. The number of hydrogen-bond acceptors (Lipinski definition) is 3. The van der Waals surface area contributed by atoms with Gasteiger partial charge in [0.2, 0.25) is 11.8 Å². The first-order valence-corrected chi connectivity index (χ1v) is 6.09. The van der Waals surface area contributed by atoms with E-state index < -0.39 is 5.54 Å². The summed E-state index contributed by atoms with van der Waals surface area (Å²) in [5, 5.41) is 8.42. The van der Waals surface area contributed by atoms with Crippen LogP contribution in [0, 0.1) is 5.92 Å². The molecule has 0 aromatic heterocycles. The summed E-state index contributed by atoms with van der Waals surface area (Å²) in [6.45, 7) is 10.9. The van der Waals surface area contributed by atoms with Crippen molar-refractivity contribution in [3.05, 3.63) is 0 Å². The van der Waals surface area contributed by atoms with Gasteiger partial charge in [0.05, 0.1) is 12.1 Å². The first-order valence-electron chi connectivity index (χ1n) is 6.09. The molecule has 2 amide bonds. The van der Waals surface area contributed by atoms with Crippen LogP contribution in [0.1, 0.15) is 34.6 Å². The fourth-order valence-electron chi connectivity index (χ4n) is 1.28. The van der Waals surface area contributed by atoms with Crippen molar-refractivity contribution in [3.8, 4) is 0 Å². The second kappa shape index (κ2) is 7.27. The van der Waals surface area contributed by atoms with Gasteiger partial charge in [-0.15, -0.1) is 0 Å². The van der Waals surface area contributed by atoms with Crippen LogP contribution in [0.4, 0.5) is 0 Å². The first kappa shape index (κ1) is 15.9. The van der Waals surface area contributed by atoms with Crippen LogP contribution in [-0.4, -0.2) is 37.0 Å². The number of carbonyl (C=O) groups excluding carboxylic acids is 2. The molecule has 5 nitrogen and oxygen atoms in total. The van der Waals surface area contributed by atoms with E-state index in [2.05, 4.69) is 16.0 Å². The lowest BCUT2D eigenvalue weighted by molar-refractivity contribution is -0.129. The van der Waals surface area contributed by atoms with Gasteiger partial charge in [-0.25, -0.2) is 0 Å². The maximum Gasteiger partial charge on any atom is 0.240 e. The van der Waals surface area contributed by atoms with E-state index in [9.17, 15) is 9.59 Å². The second-order valence-electron chi connectivity index (χ2n) is 5.04. The molecule has 100 valence electrons. The quantitative estimate of drug-likeness (QED) is 0.601. The van der Waals surface area contributed by atoms with Crippen LogP contribution in [0.5, 0.6) is 0 Å². The Labute approximate surface area is 104 Å². The summed E-state index contributed by atoms with van der Waals surface area (Å²) in [6, 6.07) is 0. The molecule has 17 heavy (non-hydrogen) atoms. The molecule has 5 heteroatoms. The average molecular weight is 243 g/mol. The monoisotopic (exact) mass is 243 g/mol. The number of hydrogen-bond donors (Lipinski definition) is 3. The van der Waals surface area contributed by atoms with E-state index in [0.717, 1.165) is 0 Å². The molecule has 0 spiro atoms. The number of nitrogens with one attached hydrogen (secondary N) is 3. The molecule has 0 unspecified atom stereocenters. The summed E-state index contributed by atoms with van der Waals surface area (Å²) < 4.78 is 0. The Morgan fingerprint density at radius 2 is 1.76 bits per heavy atom. The smallest absolute Gasteiger partial charge is 0.240 e. The fourth-order valence-corrected chi connectivity index (χ4v) is 1.28. The van der Waals surface area contributed by atoms with Gasteiger partial charge in [-0.3, -0.25) is 9.59 Å². The molecule has 0 radical (unpaired) electrons. The van der Waals surface area contributed by atoms with Crippen molar-refractivity contribution in [2.75, 3.05) is 19.6 Å². The Bertz CT molecular complexity index is 262. The predicted octanol–water partition coefficient (Wildman–Crippen LogP) is 0.263. The number of carbonyl (C=O) groups is 2. The molecular weight excluding hydrogens is 218 g/mol. The van der Waals surface area contributed by atoms with Gasteiger partial charge in [0.15, 0.2) is 0 Å². The van der Waals surface area contributed by atoms with E-state index >= 15 is 0 Å². The van der Waals surface area contributed by atoms with Gasteiger partial charge >= 0.3 is 0 Å². The van der Waals surface area contributed by atoms with E-state index in [1.807, 2.05) is 20.8 Å². The maximum atomic E-state index is 11.7. The van der Waals surface area contributed by atoms with E-state index in [-0.39, 0.29) is 18.4 Å². The molecule has 0 aromatic carbocycles. The van der Waals surface area contributed by atoms with Crippen molar-refractivity contribution in [1.29, 1.82) is 0 Å². The molecule has 0 bridgehead atoms. The Hall–Kier alpha value is -1.10. The second-order valence-corrected chi connectivity index (χ2v) is 5.04. The van der Waals surface area contributed by atoms with Crippen molar-refractivity contribution in [3.63, 3.8) is 0 Å². The van der Waals surface area contributed by atoms with Crippen molar-refractivity contribution < 1.29 is 9.59 Å². The highest BCUT2D eigenvalue weighted by Gasteiger charge is 2.26. The molecule has 0 heterocycles. The van der Waals surface area contributed by atoms with Crippen LogP contribution in [0.15, 0.2) is 0 Å². The zero-order valence-electron chi connectivity index (χ0n) is 11.5. The van der Waals surface area contributed by atoms with Crippen molar-refractivity contribution in [2.45, 2.75) is 40.2 Å². The normalized spacial score (nSPS) is 11.4. The standard InChI is InChI=1S/C12H25N3O2/c1-6-15-12(4,5)11(17)14-8-10(16)13-7-9(2)3/h9,15H,6-8H2,1-5H3,(H,13,16)(H,14,17). The highest BCUT2D eigenvalue weighted by Crippen LogP contribution is 2.00. The minimum Gasteiger partial charge on any atom is -0.354 e. The first-order chi connectivity index (χ1) is 7.79. The fraction of sp³-hybridized carbons (Fsp3) is 0.833. The highest BCUT2D eigenvalue weighted by atomic mass is 16.2. The molecular formula is C12H25N3O2. The lowest BCUT2D eigenvalue weighted by atomic mass is 10.0. The largest absolute Gasteiger partial charge is 0.354 e. The molecule has 0 aliphatic rings. The molecule has 0 fully saturated rings. The lowest BCUT2D eigenvalue weighted by Crippen LogP contribution is -2.54. The summed E-state index contributed by atoms with van der Waals surface area (Å²) >= 11 is 0. The summed E-state index contributed by atoms with van der Waals surface area (Å²) in [7, 11) is 0. The van der Waals surface area contributed by atoms with Gasteiger partial charge < -0.3 is 16.0 Å². The highest BCUT2D eigenvalue weighted by molar-refractivity contribution is 5.89. The van der Waals surface area contributed by atoms with E-state index in [1.165, 1.54) is 0 Å². The van der Waals surface area contributed by atoms with Gasteiger partial charge in [-0.1, -0.05) is 20.8 Å². The third-order valence-electron chi connectivity index (χ3n) is 2.30. The molecule has 0 atom stereocenters. The van der Waals surface area contributed by atoms with Gasteiger partial charge in [0, 0.05) is 6.54 Å². The zero-order chi connectivity index (χ0) is 13.5. The average Bonchev–Trinajstić information content (AvgIpc) is 2.22. The predicted molar refractivity (Wildman–Crippen MR) is 68.6 cm³/mol. The van der Waals surface area contributed by atoms with Crippen LogP contribution in [0.3, 0.4) is 0 Å². The SMILES string of the molecule is CCNC(C)(C)C(=O)NCC(=O)NCC(C)C. The molecule has 0 saturated carbocycles. The zero-order valence-corrected chi connectivity index (χ0v) is 11.5. The molecule has 0 aliphatic carbocycles. The van der Waals surface area contributed by atoms with Gasteiger partial charge in [-0.2, -0.15) is 0 Å². The maximum absolute atomic E-state index is 11.7. The third kappa shape index (κ3) is 6.94. The minimum atomic E-state index is -0.646. The lowest BCUT2D eigenvalue weighted by Gasteiger charge is -2.24. The van der Waals surface area contributed by atoms with Crippen LogP contribution >= 0.6 is 0 Å². The topological polar surface area (TPSA) is 70.2 Å². The molecule has 0 rings (SSSR count). The Balaban J connectivity index is 3.95.